The summed E-state index contributed by atoms with van der Waals surface area (Å²) in [5.41, 5.74) is 17.7. The molecule has 3 rings (SSSR count). The molecule has 1 aromatic heterocycles. The van der Waals surface area contributed by atoms with Gasteiger partial charge >= 0.3 is 0 Å². The highest BCUT2D eigenvalue weighted by Gasteiger charge is 2.16. The molecule has 180 valence electrons. The summed E-state index contributed by atoms with van der Waals surface area (Å²) in [6.45, 7) is 9.81. The summed E-state index contributed by atoms with van der Waals surface area (Å²) in [6.07, 6.45) is 12.7. The second-order valence-electron chi connectivity index (χ2n) is 8.80. The quantitative estimate of drug-likeness (QED) is 0.180. The second-order valence-corrected chi connectivity index (χ2v) is 8.80. The molecule has 0 radical (unpaired) electrons. The van der Waals surface area contributed by atoms with Crippen LogP contribution in [0, 0.1) is 11.3 Å². The van der Waals surface area contributed by atoms with Gasteiger partial charge < -0.3 is 27.2 Å². The van der Waals surface area contributed by atoms with Crippen molar-refractivity contribution in [3.8, 4) is 0 Å². The Bertz CT molecular complexity index is 1130. The number of fused-ring (bicyclic) bond motifs is 1. The third-order valence-electron chi connectivity index (χ3n) is 6.19. The van der Waals surface area contributed by atoms with E-state index in [-0.39, 0.29) is 0 Å². The van der Waals surface area contributed by atoms with Gasteiger partial charge in [0.2, 0.25) is 0 Å². The lowest BCUT2D eigenvalue weighted by Gasteiger charge is -2.25. The van der Waals surface area contributed by atoms with Crippen LogP contribution < -0.4 is 16.8 Å². The van der Waals surface area contributed by atoms with Crippen LogP contribution >= 0.6 is 0 Å². The van der Waals surface area contributed by atoms with Crippen LogP contribution in [0.25, 0.3) is 10.9 Å². The van der Waals surface area contributed by atoms with Crippen molar-refractivity contribution in [3.05, 3.63) is 83.0 Å². The third-order valence-corrected chi connectivity index (χ3v) is 6.19. The summed E-state index contributed by atoms with van der Waals surface area (Å²) in [6, 6.07) is 8.58. The van der Waals surface area contributed by atoms with Crippen LogP contribution in [0.1, 0.15) is 44.4 Å². The minimum atomic E-state index is 0.407. The van der Waals surface area contributed by atoms with E-state index in [0.29, 0.717) is 23.5 Å². The smallest absolute Gasteiger partial charge is 0.0660 e. The van der Waals surface area contributed by atoms with E-state index >= 15 is 0 Å². The van der Waals surface area contributed by atoms with E-state index in [1.807, 2.05) is 19.1 Å². The van der Waals surface area contributed by atoms with Crippen molar-refractivity contribution in [3.63, 3.8) is 0 Å². The van der Waals surface area contributed by atoms with Crippen LogP contribution in [-0.2, 0) is 13.1 Å². The van der Waals surface area contributed by atoms with E-state index in [2.05, 4.69) is 46.4 Å². The fourth-order valence-electron chi connectivity index (χ4n) is 3.98. The van der Waals surface area contributed by atoms with Gasteiger partial charge in [-0.05, 0) is 91.7 Å². The number of aromatic amines is 1. The summed E-state index contributed by atoms with van der Waals surface area (Å²) in [5.74, 6) is 0.852. The molecule has 0 unspecified atom stereocenters. The van der Waals surface area contributed by atoms with Gasteiger partial charge in [0.1, 0.15) is 0 Å². The van der Waals surface area contributed by atoms with Crippen molar-refractivity contribution in [2.75, 3.05) is 6.54 Å². The molecule has 1 fully saturated rings. The predicted octanol–water partition coefficient (Wildman–Crippen LogP) is 4.66. The zero-order chi connectivity index (χ0) is 24.5. The topological polar surface area (TPSA) is 119 Å². The van der Waals surface area contributed by atoms with Crippen molar-refractivity contribution < 1.29 is 0 Å². The predicted molar refractivity (Wildman–Crippen MR) is 143 cm³/mol. The van der Waals surface area contributed by atoms with Crippen LogP contribution in [0.5, 0.6) is 0 Å². The van der Waals surface area contributed by atoms with Gasteiger partial charge in [-0.3, -0.25) is 5.01 Å². The maximum absolute atomic E-state index is 7.92. The lowest BCUT2D eigenvalue weighted by molar-refractivity contribution is 0.301. The number of rotatable bonds is 12. The average Bonchev–Trinajstić information content (AvgIpc) is 3.19. The fourth-order valence-corrected chi connectivity index (χ4v) is 3.98. The van der Waals surface area contributed by atoms with E-state index < -0.39 is 0 Å². The molecule has 0 atom stereocenters. The number of allylic oxidation sites excluding steroid dienone is 4. The van der Waals surface area contributed by atoms with Crippen LogP contribution in [-0.4, -0.2) is 29.0 Å². The van der Waals surface area contributed by atoms with Crippen molar-refractivity contribution in [2.45, 2.75) is 46.2 Å². The molecule has 0 bridgehead atoms. The Kier molecular flexibility index (Phi) is 8.87. The van der Waals surface area contributed by atoms with Gasteiger partial charge in [0.15, 0.2) is 0 Å². The van der Waals surface area contributed by atoms with Crippen LogP contribution in [0.3, 0.4) is 0 Å². The maximum Gasteiger partial charge on any atom is 0.0660 e. The van der Waals surface area contributed by atoms with E-state index in [9.17, 15) is 0 Å². The zero-order valence-electron chi connectivity index (χ0n) is 20.3. The molecule has 0 amide bonds. The summed E-state index contributed by atoms with van der Waals surface area (Å²) in [5, 5.41) is 18.5. The molecule has 0 saturated heterocycles. The molecule has 0 spiro atoms. The number of benzene rings is 1. The monoisotopic (exact) mass is 459 g/mol. The van der Waals surface area contributed by atoms with Gasteiger partial charge in [0, 0.05) is 36.4 Å². The Morgan fingerprint density at radius 1 is 1.32 bits per heavy atom. The van der Waals surface area contributed by atoms with Gasteiger partial charge in [-0.2, -0.15) is 5.10 Å². The van der Waals surface area contributed by atoms with E-state index in [0.717, 1.165) is 35.7 Å². The van der Waals surface area contributed by atoms with Gasteiger partial charge in [-0.25, -0.2) is 0 Å². The van der Waals surface area contributed by atoms with Crippen LogP contribution in [0.4, 0.5) is 0 Å². The molecule has 7 heteroatoms. The molecule has 1 heterocycles. The Morgan fingerprint density at radius 2 is 2.12 bits per heavy atom. The standard InChI is InChI=1S/C27H37N7/c1-4-22(13-23(10-11-28)19(2)29)26(30)18-34(31-3)17-21-8-9-24-14-25(33-27(24)12-21)16-32-15-20-6-5-7-20/h4,8-14,18,20,29,32-33H,3,5-7,15-17,28,30H2,1-2H3/b11-10-,22-4+,23-13-,26-18-,29-19?. The Balaban J connectivity index is 1.69. The van der Waals surface area contributed by atoms with Crippen LogP contribution in [0.2, 0.25) is 0 Å². The van der Waals surface area contributed by atoms with E-state index in [1.54, 1.807) is 24.2 Å². The number of nitrogens with two attached hydrogens (primary N) is 2. The normalized spacial score (nSPS) is 15.6. The summed E-state index contributed by atoms with van der Waals surface area (Å²) >= 11 is 0. The molecule has 1 saturated carbocycles. The minimum Gasteiger partial charge on any atom is -0.405 e. The van der Waals surface area contributed by atoms with E-state index in [1.165, 1.54) is 36.5 Å². The highest BCUT2D eigenvalue weighted by molar-refractivity contribution is 5.98. The summed E-state index contributed by atoms with van der Waals surface area (Å²) in [7, 11) is 0. The SMILES string of the molecule is C=NN(/C=C(N)/C(/C=C(/C=C\N)C(C)=N)=C/C)Cc1ccc2cc(CNCC3CCC3)[nH]c2c1. The average molecular weight is 460 g/mol. The maximum atomic E-state index is 7.92. The molecule has 7 nitrogen and oxygen atoms in total. The molecule has 0 aliphatic heterocycles. The minimum absolute atomic E-state index is 0.407. The highest BCUT2D eigenvalue weighted by Crippen LogP contribution is 2.25. The largest absolute Gasteiger partial charge is 0.405 e. The fraction of sp³-hybridized carbons (Fsp3) is 0.333. The Morgan fingerprint density at radius 3 is 2.74 bits per heavy atom. The van der Waals surface area contributed by atoms with Crippen LogP contribution in [0.15, 0.2) is 76.8 Å². The highest BCUT2D eigenvalue weighted by atomic mass is 15.4. The van der Waals surface area contributed by atoms with Gasteiger partial charge in [0.05, 0.1) is 12.2 Å². The Labute approximate surface area is 202 Å². The third kappa shape index (κ3) is 6.71. The molecular formula is C27H37N7. The molecular weight excluding hydrogens is 422 g/mol. The first-order chi connectivity index (χ1) is 16.4. The number of H-pyrrole nitrogens is 1. The number of hydrogen-bond donors (Lipinski definition) is 5. The number of hydrazone groups is 1. The van der Waals surface area contributed by atoms with Crippen molar-refractivity contribution >= 4 is 23.3 Å². The van der Waals surface area contributed by atoms with Gasteiger partial charge in [0.25, 0.3) is 0 Å². The number of aromatic nitrogens is 1. The van der Waals surface area contributed by atoms with Gasteiger partial charge in [-0.15, -0.1) is 0 Å². The second kappa shape index (κ2) is 12.0. The number of nitrogens with zero attached hydrogens (tertiary/aromatic N) is 2. The Hall–Kier alpha value is -3.58. The molecule has 1 aliphatic rings. The molecule has 7 N–H and O–H groups in total. The first-order valence-corrected chi connectivity index (χ1v) is 11.8. The molecule has 2 aromatic rings. The van der Waals surface area contributed by atoms with E-state index in [4.69, 9.17) is 16.9 Å². The first-order valence-electron chi connectivity index (χ1n) is 11.8. The summed E-state index contributed by atoms with van der Waals surface area (Å²) in [4.78, 5) is 3.53. The van der Waals surface area contributed by atoms with Crippen molar-refractivity contribution in [2.24, 2.45) is 22.5 Å². The van der Waals surface area contributed by atoms with Gasteiger partial charge in [-0.1, -0.05) is 24.6 Å². The number of nitrogens with one attached hydrogen (secondary N) is 3. The van der Waals surface area contributed by atoms with Crippen molar-refractivity contribution in [1.29, 1.82) is 5.41 Å². The molecule has 1 aromatic carbocycles. The number of hydrogen-bond acceptors (Lipinski definition) is 6. The lowest BCUT2D eigenvalue weighted by atomic mass is 9.85. The molecule has 1 aliphatic carbocycles. The van der Waals surface area contributed by atoms with Crippen molar-refractivity contribution in [1.82, 2.24) is 15.3 Å². The lowest BCUT2D eigenvalue weighted by Crippen LogP contribution is -2.26. The molecule has 34 heavy (non-hydrogen) atoms. The first kappa shape index (κ1) is 25.1. The zero-order valence-corrected chi connectivity index (χ0v) is 20.3. The summed E-state index contributed by atoms with van der Waals surface area (Å²) < 4.78 is 0.